The molecular formula is C40H50N4O4S. The van der Waals surface area contributed by atoms with E-state index in [0.717, 1.165) is 52.2 Å². The average Bonchev–Trinajstić information content (AvgIpc) is 3.80. The van der Waals surface area contributed by atoms with Gasteiger partial charge in [0.25, 0.3) is 5.91 Å². The van der Waals surface area contributed by atoms with Crippen LogP contribution in [0.15, 0.2) is 54.9 Å². The predicted octanol–water partition coefficient (Wildman–Crippen LogP) is 7.93. The number of likely N-dealkylation sites (tertiary alicyclic amines) is 1. The molecule has 49 heavy (non-hydrogen) atoms. The molecule has 260 valence electrons. The van der Waals surface area contributed by atoms with Gasteiger partial charge in [-0.25, -0.2) is 14.8 Å². The third-order valence-corrected chi connectivity index (χ3v) is 12.4. The Kier molecular flexibility index (Phi) is 10.7. The van der Waals surface area contributed by atoms with Crippen molar-refractivity contribution in [2.45, 2.75) is 109 Å². The van der Waals surface area contributed by atoms with E-state index in [1.54, 1.807) is 6.07 Å². The van der Waals surface area contributed by atoms with Crippen molar-refractivity contribution in [1.29, 1.82) is 0 Å². The first-order valence-electron chi connectivity index (χ1n) is 18.0. The van der Waals surface area contributed by atoms with Crippen molar-refractivity contribution in [3.63, 3.8) is 0 Å². The number of carboxylic acid groups (broad SMARTS) is 1. The number of hydrogen-bond acceptors (Lipinski definition) is 6. The summed E-state index contributed by atoms with van der Waals surface area (Å²) in [6.07, 6.45) is 16.5. The van der Waals surface area contributed by atoms with Crippen molar-refractivity contribution in [2.24, 2.45) is 17.8 Å². The molecule has 1 aliphatic heterocycles. The number of hydrogen-bond donors (Lipinski definition) is 2. The van der Waals surface area contributed by atoms with Crippen molar-refractivity contribution < 1.29 is 19.5 Å². The molecule has 1 aromatic carbocycles. The van der Waals surface area contributed by atoms with Crippen LogP contribution < -0.4 is 5.32 Å². The lowest BCUT2D eigenvalue weighted by Crippen LogP contribution is -2.52. The fourth-order valence-corrected chi connectivity index (χ4v) is 8.72. The van der Waals surface area contributed by atoms with Crippen molar-refractivity contribution >= 4 is 34.7 Å². The highest BCUT2D eigenvalue weighted by molar-refractivity contribution is 7.14. The van der Waals surface area contributed by atoms with E-state index < -0.39 is 18.1 Å². The lowest BCUT2D eigenvalue weighted by Gasteiger charge is -2.34. The second-order valence-corrected chi connectivity index (χ2v) is 16.5. The fourth-order valence-electron chi connectivity index (χ4n) is 7.75. The number of carbonyl (C=O) groups is 3. The van der Waals surface area contributed by atoms with Crippen molar-refractivity contribution in [2.75, 3.05) is 6.54 Å². The van der Waals surface area contributed by atoms with Crippen LogP contribution >= 0.6 is 11.3 Å². The summed E-state index contributed by atoms with van der Waals surface area (Å²) in [4.78, 5) is 51.5. The number of carboxylic acids is 1. The summed E-state index contributed by atoms with van der Waals surface area (Å²) in [7, 11) is 0. The van der Waals surface area contributed by atoms with Gasteiger partial charge in [0.1, 0.15) is 12.1 Å². The van der Waals surface area contributed by atoms with Gasteiger partial charge in [0.2, 0.25) is 5.91 Å². The van der Waals surface area contributed by atoms with Crippen LogP contribution in [0.1, 0.15) is 111 Å². The van der Waals surface area contributed by atoms with Gasteiger partial charge in [0.05, 0.1) is 4.88 Å². The number of rotatable bonds is 9. The SMILES string of the molecule is CC(C)(C)c1ccc(C(=O)N[C@@H](Cc2ccc(-c3ncc(C4=CCC([C@H]5CC[C@H](C)CC5)CC4)cn3)cc2)C(=O)N2CCC[C@H]2C(=O)O)s1. The topological polar surface area (TPSA) is 112 Å². The number of aromatic nitrogens is 2. The Morgan fingerprint density at radius 2 is 1.65 bits per heavy atom. The quantitative estimate of drug-likeness (QED) is 0.237. The van der Waals surface area contributed by atoms with Crippen LogP contribution in [0.2, 0.25) is 0 Å². The van der Waals surface area contributed by atoms with Gasteiger partial charge < -0.3 is 15.3 Å². The van der Waals surface area contributed by atoms with Crippen LogP contribution in [0.25, 0.3) is 17.0 Å². The Hall–Kier alpha value is -3.85. The van der Waals surface area contributed by atoms with Crippen LogP contribution in [0, 0.1) is 17.8 Å². The number of aliphatic carboxylic acids is 1. The second-order valence-electron chi connectivity index (χ2n) is 15.4. The maximum absolute atomic E-state index is 13.8. The van der Waals surface area contributed by atoms with Gasteiger partial charge in [0, 0.05) is 41.4 Å². The van der Waals surface area contributed by atoms with Crippen LogP contribution in [-0.4, -0.2) is 56.4 Å². The molecule has 3 aliphatic rings. The molecule has 6 rings (SSSR count). The summed E-state index contributed by atoms with van der Waals surface area (Å²) in [6, 6.07) is 9.69. The summed E-state index contributed by atoms with van der Waals surface area (Å²) in [5, 5.41) is 12.7. The third-order valence-electron chi connectivity index (χ3n) is 10.8. The lowest BCUT2D eigenvalue weighted by molar-refractivity contribution is -0.148. The Morgan fingerprint density at radius 3 is 2.27 bits per heavy atom. The molecule has 1 saturated carbocycles. The van der Waals surface area contributed by atoms with Crippen molar-refractivity contribution in [1.82, 2.24) is 20.2 Å². The molecule has 1 unspecified atom stereocenters. The average molecular weight is 683 g/mol. The summed E-state index contributed by atoms with van der Waals surface area (Å²) in [5.41, 5.74) is 4.06. The number of amides is 2. The van der Waals surface area contributed by atoms with E-state index in [1.165, 1.54) is 53.9 Å². The van der Waals surface area contributed by atoms with Crippen LogP contribution in [0.4, 0.5) is 0 Å². The molecule has 2 fully saturated rings. The minimum atomic E-state index is -1.02. The van der Waals surface area contributed by atoms with E-state index in [2.05, 4.69) is 39.1 Å². The van der Waals surface area contributed by atoms with E-state index in [1.807, 2.05) is 42.7 Å². The Balaban J connectivity index is 1.13. The zero-order chi connectivity index (χ0) is 34.7. The summed E-state index contributed by atoms with van der Waals surface area (Å²) < 4.78 is 0. The molecule has 3 aromatic rings. The molecule has 2 aliphatic carbocycles. The highest BCUT2D eigenvalue weighted by Gasteiger charge is 2.38. The first kappa shape index (κ1) is 35.0. The van der Waals surface area contributed by atoms with Gasteiger partial charge in [0.15, 0.2) is 5.82 Å². The molecule has 9 heteroatoms. The molecule has 0 radical (unpaired) electrons. The fraction of sp³-hybridized carbons (Fsp3) is 0.525. The number of benzene rings is 1. The number of carbonyl (C=O) groups excluding carboxylic acids is 2. The van der Waals surface area contributed by atoms with Gasteiger partial charge >= 0.3 is 5.97 Å². The Bertz CT molecular complexity index is 1670. The van der Waals surface area contributed by atoms with Gasteiger partial charge in [-0.15, -0.1) is 11.3 Å². The van der Waals surface area contributed by atoms with Crippen molar-refractivity contribution in [3.05, 3.63) is 75.7 Å². The van der Waals surface area contributed by atoms with Gasteiger partial charge in [-0.2, -0.15) is 0 Å². The van der Waals surface area contributed by atoms with Crippen LogP contribution in [-0.2, 0) is 21.4 Å². The van der Waals surface area contributed by atoms with E-state index in [9.17, 15) is 19.5 Å². The van der Waals surface area contributed by atoms with E-state index in [0.29, 0.717) is 30.1 Å². The molecule has 8 nitrogen and oxygen atoms in total. The van der Waals surface area contributed by atoms with Crippen molar-refractivity contribution in [3.8, 4) is 11.4 Å². The first-order valence-corrected chi connectivity index (χ1v) is 18.8. The predicted molar refractivity (Wildman–Crippen MR) is 194 cm³/mol. The van der Waals surface area contributed by atoms with E-state index >= 15 is 0 Å². The molecule has 2 aromatic heterocycles. The number of nitrogens with zero attached hydrogens (tertiary/aromatic N) is 3. The Labute approximate surface area is 294 Å². The highest BCUT2D eigenvalue weighted by atomic mass is 32.1. The molecule has 0 spiro atoms. The van der Waals surface area contributed by atoms with E-state index in [4.69, 9.17) is 9.97 Å². The normalized spacial score (nSPS) is 23.5. The molecular weight excluding hydrogens is 633 g/mol. The molecule has 3 atom stereocenters. The molecule has 0 bridgehead atoms. The van der Waals surface area contributed by atoms with Gasteiger partial charge in [-0.05, 0) is 91.4 Å². The summed E-state index contributed by atoms with van der Waals surface area (Å²) in [6.45, 7) is 9.03. The maximum Gasteiger partial charge on any atom is 0.326 e. The molecule has 2 N–H and O–H groups in total. The molecule has 3 heterocycles. The number of nitrogens with one attached hydrogen (secondary N) is 1. The minimum Gasteiger partial charge on any atom is -0.480 e. The number of allylic oxidation sites excluding steroid dienone is 2. The van der Waals surface area contributed by atoms with Crippen LogP contribution in [0.3, 0.4) is 0 Å². The standard InChI is InChI=1S/C40H50N4O4S/c1-25-7-11-27(12-8-25)28-15-17-29(18-16-28)31-23-41-36(42-24-31)30-13-9-26(10-14-30)22-32(38(46)44-21-5-6-33(44)39(47)48)43-37(45)34-19-20-35(49-34)40(2,3)4/h9-10,13-14,17,19-20,23-25,27-28,32-33H,5-8,11-12,15-16,18,21-22H2,1-4H3,(H,43,45)(H,47,48)/t25-,27-,28?,32-,33-/m0/s1. The lowest BCUT2D eigenvalue weighted by atomic mass is 9.71. The van der Waals surface area contributed by atoms with Gasteiger partial charge in [-0.3, -0.25) is 9.59 Å². The highest BCUT2D eigenvalue weighted by Crippen LogP contribution is 2.41. The van der Waals surface area contributed by atoms with Crippen LogP contribution in [0.5, 0.6) is 0 Å². The largest absolute Gasteiger partial charge is 0.480 e. The molecule has 2 amide bonds. The second kappa shape index (κ2) is 15.0. The smallest absolute Gasteiger partial charge is 0.326 e. The minimum absolute atomic E-state index is 0.0987. The maximum atomic E-state index is 13.8. The Morgan fingerprint density at radius 1 is 0.939 bits per heavy atom. The first-order chi connectivity index (χ1) is 23.5. The van der Waals surface area contributed by atoms with Gasteiger partial charge in [-0.1, -0.05) is 70.9 Å². The summed E-state index contributed by atoms with van der Waals surface area (Å²) >= 11 is 1.41. The number of thiophene rings is 1. The zero-order valence-corrected chi connectivity index (χ0v) is 30.1. The monoisotopic (exact) mass is 682 g/mol. The summed E-state index contributed by atoms with van der Waals surface area (Å²) in [5.74, 6) is 1.49. The third kappa shape index (κ3) is 8.31. The van der Waals surface area contributed by atoms with E-state index in [-0.39, 0.29) is 23.7 Å². The molecule has 1 saturated heterocycles. The zero-order valence-electron chi connectivity index (χ0n) is 29.3.